The summed E-state index contributed by atoms with van der Waals surface area (Å²) in [6, 6.07) is 3.63. The molecular formula is C21H34N4O2. The Morgan fingerprint density at radius 1 is 1.22 bits per heavy atom. The molecule has 2 amide bonds. The van der Waals surface area contributed by atoms with Gasteiger partial charge in [0.05, 0.1) is 6.04 Å². The van der Waals surface area contributed by atoms with Gasteiger partial charge >= 0.3 is 0 Å². The van der Waals surface area contributed by atoms with E-state index in [1.807, 2.05) is 48.7 Å². The van der Waals surface area contributed by atoms with Crippen LogP contribution in [0.5, 0.6) is 0 Å². The van der Waals surface area contributed by atoms with Crippen LogP contribution in [0.2, 0.25) is 0 Å². The van der Waals surface area contributed by atoms with Crippen molar-refractivity contribution in [3.8, 4) is 0 Å². The zero-order valence-electron chi connectivity index (χ0n) is 17.0. The van der Waals surface area contributed by atoms with Gasteiger partial charge in [0.25, 0.3) is 5.91 Å². The van der Waals surface area contributed by atoms with Crippen molar-refractivity contribution < 1.29 is 9.59 Å². The molecule has 0 spiro atoms. The van der Waals surface area contributed by atoms with Gasteiger partial charge in [-0.2, -0.15) is 0 Å². The summed E-state index contributed by atoms with van der Waals surface area (Å²) >= 11 is 0. The van der Waals surface area contributed by atoms with E-state index >= 15 is 0 Å². The van der Waals surface area contributed by atoms with E-state index in [-0.39, 0.29) is 23.9 Å². The summed E-state index contributed by atoms with van der Waals surface area (Å²) in [4.78, 5) is 29.9. The molecule has 0 radical (unpaired) electrons. The van der Waals surface area contributed by atoms with Crippen LogP contribution in [0.3, 0.4) is 0 Å². The summed E-state index contributed by atoms with van der Waals surface area (Å²) in [7, 11) is 1.88. The SMILES string of the molecule is CCN(CC)C(=O)[C@@H]1C[C@@H](NC(=O)c2cccn2C)CN1CC1CCCC1. The summed E-state index contributed by atoms with van der Waals surface area (Å²) < 4.78 is 1.83. The number of hydrogen-bond donors (Lipinski definition) is 1. The number of nitrogens with one attached hydrogen (secondary N) is 1. The molecule has 0 aromatic carbocycles. The lowest BCUT2D eigenvalue weighted by atomic mass is 10.1. The maximum atomic E-state index is 13.1. The molecule has 0 bridgehead atoms. The highest BCUT2D eigenvalue weighted by Gasteiger charge is 2.40. The first-order chi connectivity index (χ1) is 13.0. The van der Waals surface area contributed by atoms with Gasteiger partial charge in [0.2, 0.25) is 5.91 Å². The van der Waals surface area contributed by atoms with Gasteiger partial charge in [-0.3, -0.25) is 14.5 Å². The monoisotopic (exact) mass is 374 g/mol. The van der Waals surface area contributed by atoms with Gasteiger partial charge in [-0.15, -0.1) is 0 Å². The lowest BCUT2D eigenvalue weighted by molar-refractivity contribution is -0.135. The fourth-order valence-corrected chi connectivity index (χ4v) is 4.69. The Morgan fingerprint density at radius 2 is 1.93 bits per heavy atom. The smallest absolute Gasteiger partial charge is 0.268 e. The normalized spacial score (nSPS) is 23.7. The number of amides is 2. The van der Waals surface area contributed by atoms with Crippen molar-refractivity contribution >= 4 is 11.8 Å². The highest BCUT2D eigenvalue weighted by Crippen LogP contribution is 2.29. The second-order valence-electron chi connectivity index (χ2n) is 8.04. The minimum atomic E-state index is -0.107. The van der Waals surface area contributed by atoms with Gasteiger partial charge in [0, 0.05) is 45.5 Å². The Kier molecular flexibility index (Phi) is 6.58. The minimum Gasteiger partial charge on any atom is -0.347 e. The number of aromatic nitrogens is 1. The summed E-state index contributed by atoms with van der Waals surface area (Å²) in [5, 5.41) is 3.16. The van der Waals surface area contributed by atoms with Crippen molar-refractivity contribution in [3.05, 3.63) is 24.0 Å². The van der Waals surface area contributed by atoms with E-state index in [0.717, 1.165) is 26.2 Å². The average molecular weight is 375 g/mol. The molecule has 1 saturated heterocycles. The number of hydrogen-bond acceptors (Lipinski definition) is 3. The van der Waals surface area contributed by atoms with Crippen molar-refractivity contribution in [1.29, 1.82) is 0 Å². The molecule has 2 aliphatic rings. The van der Waals surface area contributed by atoms with Crippen LogP contribution in [0.1, 0.15) is 56.4 Å². The number of nitrogens with zero attached hydrogens (tertiary/aromatic N) is 3. The minimum absolute atomic E-state index is 0.0262. The van der Waals surface area contributed by atoms with Crippen molar-refractivity contribution in [3.63, 3.8) is 0 Å². The zero-order chi connectivity index (χ0) is 19.4. The molecule has 1 aliphatic heterocycles. The van der Waals surface area contributed by atoms with Crippen LogP contribution in [0.15, 0.2) is 18.3 Å². The third-order valence-corrected chi connectivity index (χ3v) is 6.24. The molecule has 3 rings (SSSR count). The Balaban J connectivity index is 1.68. The number of likely N-dealkylation sites (N-methyl/N-ethyl adjacent to an activating group) is 1. The molecule has 1 aromatic heterocycles. The van der Waals surface area contributed by atoms with Crippen molar-refractivity contribution in [2.45, 2.75) is 58.0 Å². The molecular weight excluding hydrogens is 340 g/mol. The van der Waals surface area contributed by atoms with Crippen LogP contribution in [0, 0.1) is 5.92 Å². The molecule has 2 atom stereocenters. The van der Waals surface area contributed by atoms with E-state index < -0.39 is 0 Å². The highest BCUT2D eigenvalue weighted by atomic mass is 16.2. The maximum absolute atomic E-state index is 13.1. The van der Waals surface area contributed by atoms with Crippen LogP contribution >= 0.6 is 0 Å². The predicted octanol–water partition coefficient (Wildman–Crippen LogP) is 2.26. The van der Waals surface area contributed by atoms with Gasteiger partial charge in [0.15, 0.2) is 0 Å². The molecule has 6 heteroatoms. The second-order valence-corrected chi connectivity index (χ2v) is 8.04. The third kappa shape index (κ3) is 4.54. The molecule has 2 fully saturated rings. The number of carbonyl (C=O) groups excluding carboxylic acids is 2. The van der Waals surface area contributed by atoms with Gasteiger partial charge < -0.3 is 14.8 Å². The van der Waals surface area contributed by atoms with Gasteiger partial charge in [-0.25, -0.2) is 0 Å². The topological polar surface area (TPSA) is 57.6 Å². The maximum Gasteiger partial charge on any atom is 0.268 e. The van der Waals surface area contributed by atoms with E-state index in [4.69, 9.17) is 0 Å². The Morgan fingerprint density at radius 3 is 2.52 bits per heavy atom. The third-order valence-electron chi connectivity index (χ3n) is 6.24. The predicted molar refractivity (Wildman–Crippen MR) is 107 cm³/mol. The first-order valence-corrected chi connectivity index (χ1v) is 10.5. The molecule has 150 valence electrons. The number of carbonyl (C=O) groups is 2. The average Bonchev–Trinajstić information content (AvgIpc) is 3.38. The molecule has 1 aromatic rings. The Bertz CT molecular complexity index is 646. The van der Waals surface area contributed by atoms with E-state index in [0.29, 0.717) is 18.0 Å². The molecule has 2 heterocycles. The van der Waals surface area contributed by atoms with E-state index in [9.17, 15) is 9.59 Å². The molecule has 1 N–H and O–H groups in total. The van der Waals surface area contributed by atoms with Crippen LogP contribution in [0.25, 0.3) is 0 Å². The quantitative estimate of drug-likeness (QED) is 0.796. The number of rotatable bonds is 7. The summed E-state index contributed by atoms with van der Waals surface area (Å²) in [6.45, 7) is 7.30. The number of aryl methyl sites for hydroxylation is 1. The molecule has 0 unspecified atom stereocenters. The van der Waals surface area contributed by atoms with Gasteiger partial charge in [0.1, 0.15) is 5.69 Å². The summed E-state index contributed by atoms with van der Waals surface area (Å²) in [5.74, 6) is 0.859. The van der Waals surface area contributed by atoms with Crippen molar-refractivity contribution in [2.75, 3.05) is 26.2 Å². The van der Waals surface area contributed by atoms with Gasteiger partial charge in [-0.05, 0) is 51.2 Å². The molecule has 1 saturated carbocycles. The van der Waals surface area contributed by atoms with Gasteiger partial charge in [-0.1, -0.05) is 12.8 Å². The van der Waals surface area contributed by atoms with Crippen LogP contribution in [0.4, 0.5) is 0 Å². The zero-order valence-corrected chi connectivity index (χ0v) is 17.0. The van der Waals surface area contributed by atoms with Crippen LogP contribution < -0.4 is 5.32 Å². The van der Waals surface area contributed by atoms with Crippen LogP contribution in [-0.4, -0.2) is 64.4 Å². The van der Waals surface area contributed by atoms with E-state index in [1.54, 1.807) is 0 Å². The number of likely N-dealkylation sites (tertiary alicyclic amines) is 1. The fourth-order valence-electron chi connectivity index (χ4n) is 4.69. The van der Waals surface area contributed by atoms with Crippen molar-refractivity contribution in [1.82, 2.24) is 19.7 Å². The highest BCUT2D eigenvalue weighted by molar-refractivity contribution is 5.93. The van der Waals surface area contributed by atoms with Crippen LogP contribution in [-0.2, 0) is 11.8 Å². The standard InChI is InChI=1S/C21H34N4O2/c1-4-24(5-2)21(27)19-13-17(15-25(19)14-16-9-6-7-10-16)22-20(26)18-11-8-12-23(18)3/h8,11-12,16-17,19H,4-7,9-10,13-15H2,1-3H3,(H,22,26)/t17-,19+/m1/s1. The van der Waals surface area contributed by atoms with E-state index in [2.05, 4.69) is 10.2 Å². The largest absolute Gasteiger partial charge is 0.347 e. The summed E-state index contributed by atoms with van der Waals surface area (Å²) in [6.07, 6.45) is 7.73. The first kappa shape index (κ1) is 19.9. The molecule has 27 heavy (non-hydrogen) atoms. The first-order valence-electron chi connectivity index (χ1n) is 10.5. The van der Waals surface area contributed by atoms with Crippen molar-refractivity contribution in [2.24, 2.45) is 13.0 Å². The second kappa shape index (κ2) is 8.91. The van der Waals surface area contributed by atoms with E-state index in [1.165, 1.54) is 25.7 Å². The lowest BCUT2D eigenvalue weighted by Crippen LogP contribution is -2.46. The molecule has 6 nitrogen and oxygen atoms in total. The molecule has 1 aliphatic carbocycles. The Hall–Kier alpha value is -1.82. The fraction of sp³-hybridized carbons (Fsp3) is 0.714. The summed E-state index contributed by atoms with van der Waals surface area (Å²) in [5.41, 5.74) is 0.663. The Labute approximate surface area is 162 Å². The lowest BCUT2D eigenvalue weighted by Gasteiger charge is -2.30.